The Balaban J connectivity index is 2.82. The van der Waals surface area contributed by atoms with Gasteiger partial charge in [0.15, 0.2) is 6.19 Å². The lowest BCUT2D eigenvalue weighted by molar-refractivity contribution is 0.410. The van der Waals surface area contributed by atoms with Gasteiger partial charge in [0, 0.05) is 7.05 Å². The first kappa shape index (κ1) is 10.4. The van der Waals surface area contributed by atoms with Gasteiger partial charge in [0.1, 0.15) is 5.75 Å². The molecule has 0 aliphatic rings. The number of benzene rings is 1. The Morgan fingerprint density at radius 2 is 2.21 bits per heavy atom. The van der Waals surface area contributed by atoms with Crippen LogP contribution in [0.1, 0.15) is 11.1 Å². The van der Waals surface area contributed by atoms with Gasteiger partial charge in [0.25, 0.3) is 0 Å². The maximum absolute atomic E-state index is 8.62. The molecule has 0 saturated heterocycles. The lowest BCUT2D eigenvalue weighted by atomic mass is 10.1. The molecule has 0 saturated carbocycles. The second-order valence-electron chi connectivity index (χ2n) is 3.26. The molecule has 0 fully saturated rings. The molecule has 0 amide bonds. The topological polar surface area (TPSA) is 36.3 Å². The molecule has 3 heteroatoms. The number of rotatable bonds is 3. The van der Waals surface area contributed by atoms with E-state index in [1.807, 2.05) is 25.1 Å². The van der Waals surface area contributed by atoms with Crippen molar-refractivity contribution in [2.24, 2.45) is 0 Å². The van der Waals surface area contributed by atoms with E-state index in [1.165, 1.54) is 0 Å². The van der Waals surface area contributed by atoms with Crippen LogP contribution in [0.25, 0.3) is 0 Å². The summed E-state index contributed by atoms with van der Waals surface area (Å²) >= 11 is 0. The summed E-state index contributed by atoms with van der Waals surface area (Å²) in [5.74, 6) is 0.883. The monoisotopic (exact) mass is 190 g/mol. The lowest BCUT2D eigenvalue weighted by Gasteiger charge is -2.10. The largest absolute Gasteiger partial charge is 0.496 e. The van der Waals surface area contributed by atoms with Gasteiger partial charge in [-0.2, -0.15) is 5.26 Å². The second-order valence-corrected chi connectivity index (χ2v) is 3.26. The Morgan fingerprint density at radius 3 is 2.71 bits per heavy atom. The zero-order valence-corrected chi connectivity index (χ0v) is 8.74. The fraction of sp³-hybridized carbons (Fsp3) is 0.364. The van der Waals surface area contributed by atoms with Gasteiger partial charge in [0.2, 0.25) is 0 Å². The van der Waals surface area contributed by atoms with Gasteiger partial charge in [-0.3, -0.25) is 0 Å². The average molecular weight is 190 g/mol. The van der Waals surface area contributed by atoms with Gasteiger partial charge in [-0.25, -0.2) is 0 Å². The summed E-state index contributed by atoms with van der Waals surface area (Å²) in [6.45, 7) is 2.63. The van der Waals surface area contributed by atoms with Gasteiger partial charge in [0.05, 0.1) is 13.7 Å². The van der Waals surface area contributed by atoms with Crippen molar-refractivity contribution in [2.75, 3.05) is 14.2 Å². The second kappa shape index (κ2) is 4.52. The van der Waals surface area contributed by atoms with E-state index in [9.17, 15) is 0 Å². The Hall–Kier alpha value is -1.69. The van der Waals surface area contributed by atoms with Gasteiger partial charge >= 0.3 is 0 Å². The zero-order chi connectivity index (χ0) is 10.6. The van der Waals surface area contributed by atoms with Crippen LogP contribution in [-0.4, -0.2) is 19.1 Å². The highest BCUT2D eigenvalue weighted by molar-refractivity contribution is 5.36. The Bertz CT molecular complexity index is 355. The number of aryl methyl sites for hydroxylation is 1. The van der Waals surface area contributed by atoms with Crippen LogP contribution in [-0.2, 0) is 6.54 Å². The summed E-state index contributed by atoms with van der Waals surface area (Å²) in [7, 11) is 3.42. The SMILES string of the molecule is COc1ccc(CN(C)C#N)cc1C. The van der Waals surface area contributed by atoms with Gasteiger partial charge < -0.3 is 9.64 Å². The molecule has 3 nitrogen and oxygen atoms in total. The first-order valence-electron chi connectivity index (χ1n) is 4.41. The molecular weight excluding hydrogens is 176 g/mol. The van der Waals surface area contributed by atoms with Crippen molar-refractivity contribution in [1.29, 1.82) is 5.26 Å². The molecule has 0 spiro atoms. The van der Waals surface area contributed by atoms with Crippen molar-refractivity contribution >= 4 is 0 Å². The maximum Gasteiger partial charge on any atom is 0.179 e. The van der Waals surface area contributed by atoms with Crippen LogP contribution in [0.15, 0.2) is 18.2 Å². The molecule has 14 heavy (non-hydrogen) atoms. The summed E-state index contributed by atoms with van der Waals surface area (Å²) in [4.78, 5) is 1.58. The van der Waals surface area contributed by atoms with Crippen LogP contribution >= 0.6 is 0 Å². The van der Waals surface area contributed by atoms with Crippen molar-refractivity contribution in [3.05, 3.63) is 29.3 Å². The highest BCUT2D eigenvalue weighted by Gasteiger charge is 2.01. The first-order valence-corrected chi connectivity index (χ1v) is 4.41. The fourth-order valence-corrected chi connectivity index (χ4v) is 1.35. The van der Waals surface area contributed by atoms with Crippen molar-refractivity contribution in [3.63, 3.8) is 0 Å². The molecule has 0 heterocycles. The Kier molecular flexibility index (Phi) is 3.35. The number of ether oxygens (including phenoxy) is 1. The van der Waals surface area contributed by atoms with E-state index in [-0.39, 0.29) is 0 Å². The molecule has 1 aromatic carbocycles. The predicted molar refractivity (Wildman–Crippen MR) is 54.8 cm³/mol. The van der Waals surface area contributed by atoms with Crippen molar-refractivity contribution < 1.29 is 4.74 Å². The minimum Gasteiger partial charge on any atom is -0.496 e. The number of nitriles is 1. The molecule has 1 aromatic rings. The van der Waals surface area contributed by atoms with Crippen LogP contribution in [0.4, 0.5) is 0 Å². The molecule has 74 valence electrons. The van der Waals surface area contributed by atoms with E-state index >= 15 is 0 Å². The molecule has 1 rings (SSSR count). The number of methoxy groups -OCH3 is 1. The summed E-state index contributed by atoms with van der Waals surface area (Å²) in [5.41, 5.74) is 2.21. The number of hydrogen-bond donors (Lipinski definition) is 0. The number of nitrogens with zero attached hydrogens (tertiary/aromatic N) is 2. The van der Waals surface area contributed by atoms with E-state index in [1.54, 1.807) is 19.1 Å². The van der Waals surface area contributed by atoms with E-state index in [2.05, 4.69) is 6.19 Å². The summed E-state index contributed by atoms with van der Waals surface area (Å²) in [5, 5.41) is 8.62. The van der Waals surface area contributed by atoms with Crippen molar-refractivity contribution in [2.45, 2.75) is 13.5 Å². The summed E-state index contributed by atoms with van der Waals surface area (Å²) < 4.78 is 5.15. The standard InChI is InChI=1S/C11H14N2O/c1-9-6-10(7-13(2)8-12)4-5-11(9)14-3/h4-6H,7H2,1-3H3. The quantitative estimate of drug-likeness (QED) is 0.539. The molecular formula is C11H14N2O. The minimum atomic E-state index is 0.640. The molecule has 0 N–H and O–H groups in total. The fourth-order valence-electron chi connectivity index (χ4n) is 1.35. The predicted octanol–water partition coefficient (Wildman–Crippen LogP) is 1.92. The normalized spacial score (nSPS) is 9.29. The highest BCUT2D eigenvalue weighted by Crippen LogP contribution is 2.18. The Morgan fingerprint density at radius 1 is 1.50 bits per heavy atom. The summed E-state index contributed by atoms with van der Waals surface area (Å²) in [6, 6.07) is 5.93. The van der Waals surface area contributed by atoms with E-state index < -0.39 is 0 Å². The molecule has 0 aromatic heterocycles. The van der Waals surface area contributed by atoms with Crippen LogP contribution in [0.3, 0.4) is 0 Å². The van der Waals surface area contributed by atoms with Gasteiger partial charge in [-0.15, -0.1) is 0 Å². The maximum atomic E-state index is 8.62. The van der Waals surface area contributed by atoms with E-state index in [4.69, 9.17) is 10.00 Å². The van der Waals surface area contributed by atoms with Gasteiger partial charge in [-0.05, 0) is 24.1 Å². The highest BCUT2D eigenvalue weighted by atomic mass is 16.5. The average Bonchev–Trinajstić information content (AvgIpc) is 2.18. The third-order valence-electron chi connectivity index (χ3n) is 2.05. The van der Waals surface area contributed by atoms with Crippen LogP contribution in [0, 0.1) is 18.4 Å². The van der Waals surface area contributed by atoms with Crippen molar-refractivity contribution in [1.82, 2.24) is 4.90 Å². The summed E-state index contributed by atoms with van der Waals surface area (Å²) in [6.07, 6.45) is 2.06. The Labute approximate surface area is 84.5 Å². The van der Waals surface area contributed by atoms with E-state index in [0.717, 1.165) is 16.9 Å². The molecule has 0 radical (unpaired) electrons. The van der Waals surface area contributed by atoms with Crippen LogP contribution in [0.5, 0.6) is 5.75 Å². The molecule has 0 aliphatic carbocycles. The third kappa shape index (κ3) is 2.40. The molecule has 0 unspecified atom stereocenters. The molecule has 0 atom stereocenters. The zero-order valence-electron chi connectivity index (χ0n) is 8.74. The van der Waals surface area contributed by atoms with Crippen LogP contribution < -0.4 is 4.74 Å². The third-order valence-corrected chi connectivity index (χ3v) is 2.05. The van der Waals surface area contributed by atoms with E-state index in [0.29, 0.717) is 6.54 Å². The van der Waals surface area contributed by atoms with Gasteiger partial charge in [-0.1, -0.05) is 12.1 Å². The first-order chi connectivity index (χ1) is 6.67. The minimum absolute atomic E-state index is 0.640. The lowest BCUT2D eigenvalue weighted by Crippen LogP contribution is -2.10. The smallest absolute Gasteiger partial charge is 0.179 e. The van der Waals surface area contributed by atoms with Crippen molar-refractivity contribution in [3.8, 4) is 11.9 Å². The number of hydrogen-bond acceptors (Lipinski definition) is 3. The molecule has 0 bridgehead atoms. The molecule has 0 aliphatic heterocycles. The van der Waals surface area contributed by atoms with Crippen LogP contribution in [0.2, 0.25) is 0 Å².